The van der Waals surface area contributed by atoms with Crippen LogP contribution in [0.1, 0.15) is 202 Å². The minimum atomic E-state index is -1.50. The van der Waals surface area contributed by atoms with Crippen LogP contribution in [0.2, 0.25) is 10.0 Å². The molecule has 2 amide bonds. The maximum Gasteiger partial charge on any atom is 0.226 e. The number of aromatic nitrogens is 8. The standard InChI is InChI=1S/C35H44ClF3N6O2.C35H44ClF3N6O/c1-8-45-32(40-19-41-45)34(6,7)30-23-17-25(36)20(2)42-29(23)35(47-30)12-15-43(16-13-35)31(46)22-11-14-44(33(3,4)5)18-24(22)21-9-10-26(37)28(39)27(21)38;1-20-26(36)16-23-25(34(5,6)32-40-19-41-43(32)7)17-35(30(23)42-20)11-14-44(15-12-35)31(46)22-10-13-45(33(2,3)4)18-24(22)21-8-9-27(37)29(39)28(21)38/h9-10,17,19,22,24,30H,8,11-16,18H2,1-7H3;8-9,16,19,22,24-25H,10-15,17-18H2,1-7H3/t22-,24+,30+;22-,24+,25-/m11/s1. The van der Waals surface area contributed by atoms with E-state index >= 15 is 8.78 Å². The van der Waals surface area contributed by atoms with Gasteiger partial charge in [0.05, 0.1) is 44.3 Å². The van der Waals surface area contributed by atoms with Crippen LogP contribution >= 0.6 is 23.2 Å². The molecule has 502 valence electrons. The minimum absolute atomic E-state index is 0.0410. The molecule has 4 aromatic heterocycles. The van der Waals surface area contributed by atoms with Crippen LogP contribution in [0.3, 0.4) is 0 Å². The number of aryl methyl sites for hydroxylation is 4. The molecule has 4 fully saturated rings. The van der Waals surface area contributed by atoms with Crippen LogP contribution in [0, 0.1) is 60.6 Å². The Bertz CT molecular complexity index is 3830. The summed E-state index contributed by atoms with van der Waals surface area (Å²) in [5.41, 5.74) is 3.20. The lowest BCUT2D eigenvalue weighted by molar-refractivity contribution is -0.154. The Morgan fingerprint density at radius 3 is 1.53 bits per heavy atom. The number of hydrogen-bond donors (Lipinski definition) is 0. The highest BCUT2D eigenvalue weighted by molar-refractivity contribution is 6.31. The SMILES string of the molecule is CCn1ncnc1C(C)(C)[C@H]1OC2(CCN(C(=O)[C@@H]3CCN(C(C)(C)C)C[C@H]3c3ccc(F)c(F)c3F)CC2)c2nc(C)c(Cl)cc21.Cc1nc2c(cc1Cl)[C@H](C(C)(C)c1ncnn1C)CC21CCN(C(=O)[C@@H]2CCN(C(C)(C)C)C[C@H]2c2ccc(F)c(F)c2F)CC1. The zero-order chi connectivity index (χ0) is 67.4. The highest BCUT2D eigenvalue weighted by Gasteiger charge is 2.57. The average molecular weight is 1330 g/mol. The molecule has 23 heteroatoms. The quantitative estimate of drug-likeness (QED) is 0.101. The number of ether oxygens (including phenoxy) is 1. The summed E-state index contributed by atoms with van der Waals surface area (Å²) in [5.74, 6) is -8.57. The minimum Gasteiger partial charge on any atom is -0.359 e. The molecule has 5 aliphatic heterocycles. The van der Waals surface area contributed by atoms with Crippen LogP contribution in [0.5, 0.6) is 0 Å². The van der Waals surface area contributed by atoms with Crippen molar-refractivity contribution in [3.8, 4) is 0 Å². The molecule has 9 heterocycles. The molecule has 15 nitrogen and oxygen atoms in total. The van der Waals surface area contributed by atoms with Gasteiger partial charge in [-0.15, -0.1) is 0 Å². The van der Waals surface area contributed by atoms with E-state index in [-0.39, 0.29) is 50.8 Å². The molecule has 0 N–H and O–H groups in total. The Morgan fingerprint density at radius 2 is 1.05 bits per heavy atom. The Hall–Kier alpha value is -6.00. The molecule has 0 unspecified atom stereocenters. The number of piperidine rings is 4. The summed E-state index contributed by atoms with van der Waals surface area (Å²) in [5, 5.41) is 9.93. The number of fused-ring (bicyclic) bond motifs is 4. The van der Waals surface area contributed by atoms with Crippen LogP contribution in [0.15, 0.2) is 49.1 Å². The van der Waals surface area contributed by atoms with Gasteiger partial charge in [0.25, 0.3) is 0 Å². The van der Waals surface area contributed by atoms with E-state index in [0.29, 0.717) is 100 Å². The smallest absolute Gasteiger partial charge is 0.226 e. The van der Waals surface area contributed by atoms with Crippen molar-refractivity contribution < 1.29 is 40.7 Å². The zero-order valence-corrected chi connectivity index (χ0v) is 57.5. The summed E-state index contributed by atoms with van der Waals surface area (Å²) in [7, 11) is 1.91. The van der Waals surface area contributed by atoms with E-state index < -0.39 is 75.7 Å². The van der Waals surface area contributed by atoms with Gasteiger partial charge >= 0.3 is 0 Å². The van der Waals surface area contributed by atoms with Crippen molar-refractivity contribution >= 4 is 35.0 Å². The Labute approximate surface area is 552 Å². The van der Waals surface area contributed by atoms with Crippen LogP contribution < -0.4 is 0 Å². The number of likely N-dealkylation sites (tertiary alicyclic amines) is 4. The van der Waals surface area contributed by atoms with Crippen molar-refractivity contribution in [1.82, 2.24) is 59.1 Å². The number of carbonyl (C=O) groups excluding carboxylic acids is 2. The third kappa shape index (κ3) is 12.3. The van der Waals surface area contributed by atoms with Gasteiger partial charge in [0, 0.05) is 104 Å². The van der Waals surface area contributed by atoms with Crippen molar-refractivity contribution in [1.29, 1.82) is 0 Å². The van der Waals surface area contributed by atoms with Crippen molar-refractivity contribution in [3.05, 3.63) is 151 Å². The van der Waals surface area contributed by atoms with Crippen LogP contribution in [-0.4, -0.2) is 134 Å². The van der Waals surface area contributed by atoms with E-state index in [2.05, 4.69) is 105 Å². The van der Waals surface area contributed by atoms with E-state index in [1.165, 1.54) is 12.1 Å². The van der Waals surface area contributed by atoms with Crippen LogP contribution in [0.25, 0.3) is 0 Å². The van der Waals surface area contributed by atoms with Crippen LogP contribution in [-0.2, 0) is 49.8 Å². The lowest BCUT2D eigenvalue weighted by Gasteiger charge is -2.47. The first-order chi connectivity index (χ1) is 43.6. The molecule has 6 atom stereocenters. The fraction of sp³-hybridized carbons (Fsp3) is 0.600. The first kappa shape index (κ1) is 68.4. The predicted molar refractivity (Wildman–Crippen MR) is 344 cm³/mol. The molecule has 12 rings (SSSR count). The van der Waals surface area contributed by atoms with Gasteiger partial charge < -0.3 is 14.5 Å². The van der Waals surface area contributed by atoms with Gasteiger partial charge in [-0.05, 0) is 181 Å². The highest BCUT2D eigenvalue weighted by atomic mass is 35.5. The second-order valence-electron chi connectivity index (χ2n) is 30.0. The predicted octanol–water partition coefficient (Wildman–Crippen LogP) is 13.7. The molecule has 93 heavy (non-hydrogen) atoms. The molecule has 1 aliphatic carbocycles. The first-order valence-electron chi connectivity index (χ1n) is 32.7. The lowest BCUT2D eigenvalue weighted by Crippen LogP contribution is -2.54. The highest BCUT2D eigenvalue weighted by Crippen LogP contribution is 2.59. The van der Waals surface area contributed by atoms with Crippen LogP contribution in [0.4, 0.5) is 26.3 Å². The molecule has 0 saturated carbocycles. The number of pyridine rings is 2. The molecule has 0 radical (unpaired) electrons. The monoisotopic (exact) mass is 1330 g/mol. The number of amides is 2. The Balaban J connectivity index is 0.000000190. The third-order valence-corrected chi connectivity index (χ3v) is 22.6. The van der Waals surface area contributed by atoms with Crippen molar-refractivity contribution in [2.45, 2.75) is 198 Å². The number of hydrogen-bond acceptors (Lipinski definition) is 11. The fourth-order valence-corrected chi connectivity index (χ4v) is 16.5. The van der Waals surface area contributed by atoms with E-state index in [4.69, 9.17) is 37.9 Å². The van der Waals surface area contributed by atoms with E-state index in [1.807, 2.05) is 53.0 Å². The largest absolute Gasteiger partial charge is 0.359 e. The third-order valence-electron chi connectivity index (χ3n) is 21.8. The molecular weight excluding hydrogens is 1240 g/mol. The zero-order valence-electron chi connectivity index (χ0n) is 56.0. The number of carbonyl (C=O) groups is 2. The number of rotatable bonds is 9. The Kier molecular flexibility index (Phi) is 18.5. The van der Waals surface area contributed by atoms with Crippen molar-refractivity contribution in [2.75, 3.05) is 52.4 Å². The molecule has 6 aliphatic rings. The summed E-state index contributed by atoms with van der Waals surface area (Å²) < 4.78 is 97.9. The van der Waals surface area contributed by atoms with Crippen molar-refractivity contribution in [2.24, 2.45) is 18.9 Å². The molecule has 2 spiro atoms. The summed E-state index contributed by atoms with van der Waals surface area (Å²) in [6, 6.07) is 8.54. The maximum atomic E-state index is 15.2. The number of nitrogens with zero attached hydrogens (tertiary/aromatic N) is 12. The van der Waals surface area contributed by atoms with Gasteiger partial charge in [0.2, 0.25) is 11.8 Å². The Morgan fingerprint density at radius 1 is 0.591 bits per heavy atom. The first-order valence-corrected chi connectivity index (χ1v) is 33.5. The van der Waals surface area contributed by atoms with Crippen molar-refractivity contribution in [3.63, 3.8) is 0 Å². The molecule has 2 aromatic carbocycles. The second kappa shape index (κ2) is 25.2. The molecule has 4 saturated heterocycles. The lowest BCUT2D eigenvalue weighted by atomic mass is 9.70. The number of benzene rings is 2. The number of halogens is 8. The van der Waals surface area contributed by atoms with Gasteiger partial charge in [-0.1, -0.05) is 49.2 Å². The van der Waals surface area contributed by atoms with Gasteiger partial charge in [0.1, 0.15) is 29.9 Å². The van der Waals surface area contributed by atoms with E-state index in [1.54, 1.807) is 12.7 Å². The molecule has 0 bridgehead atoms. The molecular formula is C70H88Cl2F6N12O3. The van der Waals surface area contributed by atoms with Gasteiger partial charge in [-0.3, -0.25) is 34.0 Å². The summed E-state index contributed by atoms with van der Waals surface area (Å²) in [4.78, 5) is 55.9. The van der Waals surface area contributed by atoms with Gasteiger partial charge in [-0.25, -0.2) is 41.0 Å². The fourth-order valence-electron chi connectivity index (χ4n) is 16.2. The average Bonchev–Trinajstić information content (AvgIpc) is 1.59. The topological polar surface area (TPSA) is 144 Å². The summed E-state index contributed by atoms with van der Waals surface area (Å²) >= 11 is 13.3. The van der Waals surface area contributed by atoms with Gasteiger partial charge in [-0.2, -0.15) is 10.2 Å². The summed E-state index contributed by atoms with van der Waals surface area (Å²) in [6.07, 6.45) is 7.07. The summed E-state index contributed by atoms with van der Waals surface area (Å²) in [6.45, 7) is 31.4. The van der Waals surface area contributed by atoms with E-state index in [0.717, 1.165) is 71.3 Å². The maximum absolute atomic E-state index is 15.2. The normalized spacial score (nSPS) is 23.5. The van der Waals surface area contributed by atoms with Gasteiger partial charge in [0.15, 0.2) is 34.9 Å². The van der Waals surface area contributed by atoms with E-state index in [9.17, 15) is 27.2 Å². The molecule has 6 aromatic rings. The second-order valence-corrected chi connectivity index (χ2v) is 30.8.